The second-order valence-electron chi connectivity index (χ2n) is 6.72. The molecule has 0 aliphatic carbocycles. The lowest BCUT2D eigenvalue weighted by molar-refractivity contribution is 0.134. The van der Waals surface area contributed by atoms with Crippen LogP contribution in [0.1, 0.15) is 50.2 Å². The lowest BCUT2D eigenvalue weighted by Crippen LogP contribution is -2.48. The normalized spacial score (nSPS) is 29.1. The molecule has 3 rings (SSSR count). The summed E-state index contributed by atoms with van der Waals surface area (Å²) in [4.78, 5) is 2.73. The highest BCUT2D eigenvalue weighted by atomic mass is 15.2. The van der Waals surface area contributed by atoms with Gasteiger partial charge >= 0.3 is 0 Å². The molecule has 2 atom stereocenters. The van der Waals surface area contributed by atoms with Gasteiger partial charge in [0.2, 0.25) is 0 Å². The third-order valence-electron chi connectivity index (χ3n) is 4.98. The first kappa shape index (κ1) is 14.1. The lowest BCUT2D eigenvalue weighted by Gasteiger charge is -2.38. The molecule has 2 aliphatic rings. The smallest absolute Gasteiger partial charge is 0.0236 e. The molecule has 2 fully saturated rings. The van der Waals surface area contributed by atoms with Gasteiger partial charge in [0.05, 0.1) is 0 Å². The van der Waals surface area contributed by atoms with Gasteiger partial charge in [0.1, 0.15) is 0 Å². The van der Waals surface area contributed by atoms with Crippen LogP contribution in [0.4, 0.5) is 0 Å². The van der Waals surface area contributed by atoms with Gasteiger partial charge in [0.15, 0.2) is 0 Å². The van der Waals surface area contributed by atoms with E-state index in [9.17, 15) is 0 Å². The maximum Gasteiger partial charge on any atom is 0.0236 e. The van der Waals surface area contributed by atoms with Crippen molar-refractivity contribution in [2.75, 3.05) is 6.54 Å². The molecule has 2 aliphatic heterocycles. The van der Waals surface area contributed by atoms with E-state index in [2.05, 4.69) is 48.3 Å². The van der Waals surface area contributed by atoms with Gasteiger partial charge < -0.3 is 5.32 Å². The van der Waals surface area contributed by atoms with Gasteiger partial charge in [-0.05, 0) is 51.1 Å². The minimum Gasteiger partial charge on any atom is -0.311 e. The highest BCUT2D eigenvalue weighted by molar-refractivity contribution is 5.21. The maximum atomic E-state index is 3.76. The molecular weight excluding hydrogens is 244 g/mol. The first-order valence-corrected chi connectivity index (χ1v) is 8.30. The zero-order valence-corrected chi connectivity index (χ0v) is 12.9. The number of nitrogens with zero attached hydrogens (tertiary/aromatic N) is 1. The average Bonchev–Trinajstić information content (AvgIpc) is 2.79. The fourth-order valence-electron chi connectivity index (χ4n) is 3.93. The van der Waals surface area contributed by atoms with Crippen molar-refractivity contribution in [3.63, 3.8) is 0 Å². The third-order valence-corrected chi connectivity index (χ3v) is 4.98. The molecule has 1 aromatic rings. The number of hydrogen-bond donors (Lipinski definition) is 1. The summed E-state index contributed by atoms with van der Waals surface area (Å²) in [5, 5.41) is 3.76. The Morgan fingerprint density at radius 2 is 1.75 bits per heavy atom. The summed E-state index contributed by atoms with van der Waals surface area (Å²) >= 11 is 0. The zero-order chi connectivity index (χ0) is 13.9. The van der Waals surface area contributed by atoms with Crippen LogP contribution in [-0.4, -0.2) is 29.6 Å². The minimum atomic E-state index is 0.787. The SMILES string of the molecule is CCCN(Cc1ccc(C)cc1)C1CC2CCC(C1)N2. The van der Waals surface area contributed by atoms with Crippen molar-refractivity contribution < 1.29 is 0 Å². The van der Waals surface area contributed by atoms with Gasteiger partial charge in [-0.15, -0.1) is 0 Å². The van der Waals surface area contributed by atoms with Crippen LogP contribution in [0, 0.1) is 6.92 Å². The van der Waals surface area contributed by atoms with E-state index in [-0.39, 0.29) is 0 Å². The summed E-state index contributed by atoms with van der Waals surface area (Å²) < 4.78 is 0. The van der Waals surface area contributed by atoms with Gasteiger partial charge in [0.25, 0.3) is 0 Å². The Bertz CT molecular complexity index is 414. The molecule has 2 unspecified atom stereocenters. The minimum absolute atomic E-state index is 0.787. The Morgan fingerprint density at radius 1 is 1.10 bits per heavy atom. The van der Waals surface area contributed by atoms with Crippen LogP contribution in [0.25, 0.3) is 0 Å². The summed E-state index contributed by atoms with van der Waals surface area (Å²) in [6, 6.07) is 11.4. The molecule has 0 saturated carbocycles. The van der Waals surface area contributed by atoms with Crippen LogP contribution in [0.3, 0.4) is 0 Å². The molecule has 2 bridgehead atoms. The van der Waals surface area contributed by atoms with Crippen LogP contribution in [0.15, 0.2) is 24.3 Å². The number of piperidine rings is 1. The fourth-order valence-corrected chi connectivity index (χ4v) is 3.93. The van der Waals surface area contributed by atoms with Gasteiger partial charge in [0, 0.05) is 24.7 Å². The van der Waals surface area contributed by atoms with Gasteiger partial charge in [-0.3, -0.25) is 4.90 Å². The van der Waals surface area contributed by atoms with Crippen LogP contribution >= 0.6 is 0 Å². The first-order chi connectivity index (χ1) is 9.74. The molecule has 0 spiro atoms. The number of benzene rings is 1. The molecule has 2 saturated heterocycles. The third kappa shape index (κ3) is 3.24. The number of aryl methyl sites for hydroxylation is 1. The molecular formula is C18H28N2. The standard InChI is InChI=1S/C18H28N2/c1-3-10-20(13-15-6-4-14(2)5-7-15)18-11-16-8-9-17(12-18)19-16/h4-7,16-19H,3,8-13H2,1-2H3. The summed E-state index contributed by atoms with van der Waals surface area (Å²) in [7, 11) is 0. The van der Waals surface area contributed by atoms with Crippen molar-refractivity contribution >= 4 is 0 Å². The zero-order valence-electron chi connectivity index (χ0n) is 12.9. The van der Waals surface area contributed by atoms with E-state index >= 15 is 0 Å². The molecule has 2 heterocycles. The van der Waals surface area contributed by atoms with E-state index in [1.54, 1.807) is 0 Å². The second-order valence-corrected chi connectivity index (χ2v) is 6.72. The Kier molecular flexibility index (Phi) is 4.42. The predicted octanol–water partition coefficient (Wildman–Crippen LogP) is 3.49. The molecule has 1 N–H and O–H groups in total. The fraction of sp³-hybridized carbons (Fsp3) is 0.667. The summed E-state index contributed by atoms with van der Waals surface area (Å²) in [6.45, 7) is 6.83. The maximum absolute atomic E-state index is 3.76. The van der Waals surface area contributed by atoms with Crippen LogP contribution in [-0.2, 0) is 6.54 Å². The van der Waals surface area contributed by atoms with Crippen molar-refractivity contribution in [3.8, 4) is 0 Å². The van der Waals surface area contributed by atoms with E-state index in [4.69, 9.17) is 0 Å². The van der Waals surface area contributed by atoms with E-state index < -0.39 is 0 Å². The molecule has 0 aromatic heterocycles. The van der Waals surface area contributed by atoms with E-state index in [0.717, 1.165) is 24.7 Å². The molecule has 1 aromatic carbocycles. The van der Waals surface area contributed by atoms with Gasteiger partial charge in [-0.1, -0.05) is 36.8 Å². The van der Waals surface area contributed by atoms with E-state index in [0.29, 0.717) is 0 Å². The topological polar surface area (TPSA) is 15.3 Å². The van der Waals surface area contributed by atoms with Crippen LogP contribution in [0.5, 0.6) is 0 Å². The molecule has 2 nitrogen and oxygen atoms in total. The summed E-state index contributed by atoms with van der Waals surface area (Å²) in [5.74, 6) is 0. The lowest BCUT2D eigenvalue weighted by atomic mass is 9.97. The summed E-state index contributed by atoms with van der Waals surface area (Å²) in [5.41, 5.74) is 2.82. The molecule has 20 heavy (non-hydrogen) atoms. The van der Waals surface area contributed by atoms with Crippen molar-refractivity contribution in [2.24, 2.45) is 0 Å². The highest BCUT2D eigenvalue weighted by Crippen LogP contribution is 2.30. The van der Waals surface area contributed by atoms with Crippen molar-refractivity contribution in [1.82, 2.24) is 10.2 Å². The number of fused-ring (bicyclic) bond motifs is 2. The number of nitrogens with one attached hydrogen (secondary N) is 1. The molecule has 110 valence electrons. The Morgan fingerprint density at radius 3 is 2.35 bits per heavy atom. The monoisotopic (exact) mass is 272 g/mol. The predicted molar refractivity (Wildman–Crippen MR) is 84.8 cm³/mol. The average molecular weight is 272 g/mol. The first-order valence-electron chi connectivity index (χ1n) is 8.30. The Hall–Kier alpha value is -0.860. The second kappa shape index (κ2) is 6.28. The van der Waals surface area contributed by atoms with Gasteiger partial charge in [-0.25, -0.2) is 0 Å². The van der Waals surface area contributed by atoms with E-state index in [1.807, 2.05) is 0 Å². The summed E-state index contributed by atoms with van der Waals surface area (Å²) in [6.07, 6.45) is 6.74. The van der Waals surface area contributed by atoms with E-state index in [1.165, 1.54) is 49.8 Å². The molecule has 0 amide bonds. The molecule has 0 radical (unpaired) electrons. The van der Waals surface area contributed by atoms with Crippen molar-refractivity contribution in [3.05, 3.63) is 35.4 Å². The Labute approximate surface area is 123 Å². The van der Waals surface area contributed by atoms with Crippen molar-refractivity contribution in [2.45, 2.75) is 70.6 Å². The van der Waals surface area contributed by atoms with Crippen molar-refractivity contribution in [1.29, 1.82) is 0 Å². The quantitative estimate of drug-likeness (QED) is 0.882. The van der Waals surface area contributed by atoms with Gasteiger partial charge in [-0.2, -0.15) is 0 Å². The Balaban J connectivity index is 1.67. The number of hydrogen-bond acceptors (Lipinski definition) is 2. The van der Waals surface area contributed by atoms with Crippen LogP contribution < -0.4 is 5.32 Å². The largest absolute Gasteiger partial charge is 0.311 e. The number of rotatable bonds is 5. The molecule has 2 heteroatoms. The van der Waals surface area contributed by atoms with Crippen LogP contribution in [0.2, 0.25) is 0 Å². The highest BCUT2D eigenvalue weighted by Gasteiger charge is 2.35.